The SMILES string of the molecule is CCCCCCCCCCC(=O)CC1CCCO1. The molecule has 18 heavy (non-hydrogen) atoms. The molecule has 1 fully saturated rings. The predicted molar refractivity (Wildman–Crippen MR) is 75.8 cm³/mol. The molecular weight excluding hydrogens is 224 g/mol. The Kier molecular flexibility index (Phi) is 9.19. The minimum Gasteiger partial charge on any atom is -0.378 e. The monoisotopic (exact) mass is 254 g/mol. The number of carbonyl (C=O) groups excluding carboxylic acids is 1. The second-order valence-corrected chi connectivity index (χ2v) is 5.60. The number of unbranched alkanes of at least 4 members (excludes halogenated alkanes) is 7. The lowest BCUT2D eigenvalue weighted by Gasteiger charge is -2.07. The number of rotatable bonds is 11. The molecule has 0 radical (unpaired) electrons. The van der Waals surface area contributed by atoms with Gasteiger partial charge in [-0.2, -0.15) is 0 Å². The van der Waals surface area contributed by atoms with Crippen LogP contribution in [0.2, 0.25) is 0 Å². The highest BCUT2D eigenvalue weighted by atomic mass is 16.5. The molecule has 106 valence electrons. The van der Waals surface area contributed by atoms with E-state index in [0.29, 0.717) is 12.2 Å². The fourth-order valence-electron chi connectivity index (χ4n) is 2.62. The standard InChI is InChI=1S/C16H30O2/c1-2-3-4-5-6-7-8-9-11-15(17)14-16-12-10-13-18-16/h16H,2-14H2,1H3. The van der Waals surface area contributed by atoms with E-state index in [9.17, 15) is 4.79 Å². The summed E-state index contributed by atoms with van der Waals surface area (Å²) >= 11 is 0. The maximum absolute atomic E-state index is 11.7. The third kappa shape index (κ3) is 7.86. The molecule has 0 amide bonds. The molecule has 0 saturated carbocycles. The average Bonchev–Trinajstić information content (AvgIpc) is 2.85. The maximum atomic E-state index is 11.7. The van der Waals surface area contributed by atoms with Crippen molar-refractivity contribution in [3.05, 3.63) is 0 Å². The molecule has 1 aliphatic heterocycles. The summed E-state index contributed by atoms with van der Waals surface area (Å²) in [6.07, 6.45) is 14.3. The zero-order valence-corrected chi connectivity index (χ0v) is 12.1. The van der Waals surface area contributed by atoms with Gasteiger partial charge in [0.1, 0.15) is 5.78 Å². The Bertz CT molecular complexity index is 207. The summed E-state index contributed by atoms with van der Waals surface area (Å²) in [6.45, 7) is 3.11. The van der Waals surface area contributed by atoms with Crippen LogP contribution in [0.25, 0.3) is 0 Å². The second kappa shape index (κ2) is 10.5. The average molecular weight is 254 g/mol. The van der Waals surface area contributed by atoms with Crippen molar-refractivity contribution in [1.29, 1.82) is 0 Å². The van der Waals surface area contributed by atoms with Gasteiger partial charge in [0.05, 0.1) is 6.10 Å². The van der Waals surface area contributed by atoms with Crippen molar-refractivity contribution < 1.29 is 9.53 Å². The van der Waals surface area contributed by atoms with E-state index < -0.39 is 0 Å². The van der Waals surface area contributed by atoms with Crippen molar-refractivity contribution in [2.75, 3.05) is 6.61 Å². The van der Waals surface area contributed by atoms with E-state index >= 15 is 0 Å². The van der Waals surface area contributed by atoms with Crippen molar-refractivity contribution in [3.8, 4) is 0 Å². The first-order valence-electron chi connectivity index (χ1n) is 7.96. The lowest BCUT2D eigenvalue weighted by Crippen LogP contribution is -2.12. The molecule has 1 heterocycles. The van der Waals surface area contributed by atoms with Gasteiger partial charge < -0.3 is 4.74 Å². The van der Waals surface area contributed by atoms with Crippen LogP contribution in [-0.4, -0.2) is 18.5 Å². The van der Waals surface area contributed by atoms with Crippen LogP contribution in [0.15, 0.2) is 0 Å². The molecule has 0 N–H and O–H groups in total. The van der Waals surface area contributed by atoms with Gasteiger partial charge in [0, 0.05) is 19.4 Å². The van der Waals surface area contributed by atoms with E-state index in [0.717, 1.165) is 32.3 Å². The number of hydrogen-bond acceptors (Lipinski definition) is 2. The fraction of sp³-hybridized carbons (Fsp3) is 0.938. The third-order valence-electron chi connectivity index (χ3n) is 3.79. The molecule has 0 bridgehead atoms. The van der Waals surface area contributed by atoms with E-state index in [1.165, 1.54) is 44.9 Å². The van der Waals surface area contributed by atoms with Gasteiger partial charge in [-0.25, -0.2) is 0 Å². The molecule has 0 aromatic carbocycles. The minimum absolute atomic E-state index is 0.242. The second-order valence-electron chi connectivity index (χ2n) is 5.60. The molecular formula is C16H30O2. The van der Waals surface area contributed by atoms with Crippen molar-refractivity contribution in [1.82, 2.24) is 0 Å². The normalized spacial score (nSPS) is 19.3. The first-order chi connectivity index (χ1) is 8.83. The summed E-state index contributed by atoms with van der Waals surface area (Å²) in [4.78, 5) is 11.7. The van der Waals surface area contributed by atoms with Crippen molar-refractivity contribution in [2.45, 2.75) is 90.1 Å². The van der Waals surface area contributed by atoms with Gasteiger partial charge in [0.2, 0.25) is 0 Å². The van der Waals surface area contributed by atoms with Crippen LogP contribution < -0.4 is 0 Å². The predicted octanol–water partition coefficient (Wildman–Crippen LogP) is 4.66. The number of Topliss-reactive ketones (excluding diaryl/α,β-unsaturated/α-hetero) is 1. The van der Waals surface area contributed by atoms with Crippen LogP contribution in [0, 0.1) is 0 Å². The van der Waals surface area contributed by atoms with Gasteiger partial charge in [-0.05, 0) is 19.3 Å². The van der Waals surface area contributed by atoms with Crippen LogP contribution in [0.4, 0.5) is 0 Å². The number of carbonyl (C=O) groups is 1. The molecule has 2 heteroatoms. The van der Waals surface area contributed by atoms with Crippen molar-refractivity contribution in [2.24, 2.45) is 0 Å². The summed E-state index contributed by atoms with van der Waals surface area (Å²) in [6, 6.07) is 0. The van der Waals surface area contributed by atoms with Gasteiger partial charge in [0.15, 0.2) is 0 Å². The molecule has 0 spiro atoms. The Morgan fingerprint density at radius 2 is 1.72 bits per heavy atom. The van der Waals surface area contributed by atoms with Gasteiger partial charge in [0.25, 0.3) is 0 Å². The zero-order chi connectivity index (χ0) is 13.1. The highest BCUT2D eigenvalue weighted by molar-refractivity contribution is 5.78. The molecule has 1 atom stereocenters. The molecule has 1 aliphatic rings. The van der Waals surface area contributed by atoms with Gasteiger partial charge in [-0.1, -0.05) is 51.9 Å². The molecule has 0 aromatic heterocycles. The Morgan fingerprint density at radius 1 is 1.06 bits per heavy atom. The summed E-state index contributed by atoms with van der Waals surface area (Å²) < 4.78 is 5.49. The Labute approximate surface area is 112 Å². The molecule has 1 saturated heterocycles. The van der Waals surface area contributed by atoms with E-state index in [-0.39, 0.29) is 6.10 Å². The topological polar surface area (TPSA) is 26.3 Å². The van der Waals surface area contributed by atoms with Gasteiger partial charge >= 0.3 is 0 Å². The first-order valence-corrected chi connectivity index (χ1v) is 7.96. The fourth-order valence-corrected chi connectivity index (χ4v) is 2.62. The van der Waals surface area contributed by atoms with Crippen LogP contribution in [0.3, 0.4) is 0 Å². The molecule has 2 nitrogen and oxygen atoms in total. The summed E-state index contributed by atoms with van der Waals surface area (Å²) in [5, 5.41) is 0. The number of hydrogen-bond donors (Lipinski definition) is 0. The van der Waals surface area contributed by atoms with E-state index in [4.69, 9.17) is 4.74 Å². The van der Waals surface area contributed by atoms with Crippen molar-refractivity contribution >= 4 is 5.78 Å². The van der Waals surface area contributed by atoms with Crippen LogP contribution in [0.5, 0.6) is 0 Å². The summed E-state index contributed by atoms with van der Waals surface area (Å²) in [7, 11) is 0. The Balaban J connectivity index is 1.83. The summed E-state index contributed by atoms with van der Waals surface area (Å²) in [5.41, 5.74) is 0. The molecule has 1 rings (SSSR count). The lowest BCUT2D eigenvalue weighted by molar-refractivity contribution is -0.121. The van der Waals surface area contributed by atoms with Crippen molar-refractivity contribution in [3.63, 3.8) is 0 Å². The Hall–Kier alpha value is -0.370. The molecule has 1 unspecified atom stereocenters. The van der Waals surface area contributed by atoms with E-state index in [1.54, 1.807) is 0 Å². The van der Waals surface area contributed by atoms with Gasteiger partial charge in [-0.3, -0.25) is 4.79 Å². The lowest BCUT2D eigenvalue weighted by atomic mass is 10.0. The third-order valence-corrected chi connectivity index (χ3v) is 3.79. The first kappa shape index (κ1) is 15.7. The minimum atomic E-state index is 0.242. The van der Waals surface area contributed by atoms with Crippen LogP contribution in [0.1, 0.15) is 84.0 Å². The number of ketones is 1. The largest absolute Gasteiger partial charge is 0.378 e. The highest BCUT2D eigenvalue weighted by Crippen LogP contribution is 2.17. The quantitative estimate of drug-likeness (QED) is 0.501. The van der Waals surface area contributed by atoms with Gasteiger partial charge in [-0.15, -0.1) is 0 Å². The molecule has 0 aliphatic carbocycles. The highest BCUT2D eigenvalue weighted by Gasteiger charge is 2.18. The molecule has 0 aromatic rings. The van der Waals surface area contributed by atoms with Crippen LogP contribution >= 0.6 is 0 Å². The maximum Gasteiger partial charge on any atom is 0.135 e. The number of ether oxygens (including phenoxy) is 1. The Morgan fingerprint density at radius 3 is 2.33 bits per heavy atom. The summed E-state index contributed by atoms with van der Waals surface area (Å²) in [5.74, 6) is 0.410. The zero-order valence-electron chi connectivity index (χ0n) is 12.1. The van der Waals surface area contributed by atoms with E-state index in [2.05, 4.69) is 6.92 Å². The van der Waals surface area contributed by atoms with Crippen LogP contribution in [-0.2, 0) is 9.53 Å². The smallest absolute Gasteiger partial charge is 0.135 e. The van der Waals surface area contributed by atoms with E-state index in [1.807, 2.05) is 0 Å².